The maximum atomic E-state index is 12.9. The number of carbonyl (C=O) groups excluding carboxylic acids is 5. The minimum atomic E-state index is -0.876. The van der Waals surface area contributed by atoms with Gasteiger partial charge in [0, 0.05) is 23.3 Å². The molecule has 2 aliphatic rings. The van der Waals surface area contributed by atoms with Crippen molar-refractivity contribution in [3.8, 4) is 0 Å². The molecule has 0 N–H and O–H groups in total. The van der Waals surface area contributed by atoms with E-state index in [1.807, 2.05) is 24.3 Å². The molecule has 1 heterocycles. The standard InChI is InChI=1S/C25H23NO5S/c1-2-32-18-8-5-16(6-9-18)22(28)12-4-15-3-10-19-20(13-15)25(31)26(24(19)30)21-11-7-17(27)14-23(21)29/h3,5-6,8-10,13,21H,2,4,7,11-12,14H2,1H3. The third kappa shape index (κ3) is 4.30. The molecule has 2 aromatic carbocycles. The normalized spacial score (nSPS) is 18.3. The molecule has 2 amide bonds. The first-order chi connectivity index (χ1) is 15.4. The number of hydrogen-bond donors (Lipinski definition) is 0. The van der Waals surface area contributed by atoms with Crippen LogP contribution in [0.25, 0.3) is 0 Å². The van der Waals surface area contributed by atoms with Crippen LogP contribution < -0.4 is 0 Å². The molecule has 1 aliphatic heterocycles. The first kappa shape index (κ1) is 22.1. The van der Waals surface area contributed by atoms with E-state index in [1.54, 1.807) is 30.0 Å². The molecule has 0 radical (unpaired) electrons. The highest BCUT2D eigenvalue weighted by Gasteiger charge is 2.44. The summed E-state index contributed by atoms with van der Waals surface area (Å²) in [7, 11) is 0. The Labute approximate surface area is 190 Å². The first-order valence-electron chi connectivity index (χ1n) is 10.7. The molecular formula is C25H23NO5S. The van der Waals surface area contributed by atoms with E-state index in [2.05, 4.69) is 6.92 Å². The predicted molar refractivity (Wildman–Crippen MR) is 120 cm³/mol. The zero-order chi connectivity index (χ0) is 22.8. The lowest BCUT2D eigenvalue weighted by Crippen LogP contribution is -2.47. The maximum Gasteiger partial charge on any atom is 0.262 e. The van der Waals surface area contributed by atoms with Crippen molar-refractivity contribution in [2.75, 3.05) is 5.75 Å². The van der Waals surface area contributed by atoms with Gasteiger partial charge >= 0.3 is 0 Å². The van der Waals surface area contributed by atoms with E-state index in [9.17, 15) is 24.0 Å². The van der Waals surface area contributed by atoms with Crippen LogP contribution in [-0.2, 0) is 16.0 Å². The number of rotatable bonds is 7. The van der Waals surface area contributed by atoms with Gasteiger partial charge < -0.3 is 0 Å². The lowest BCUT2D eigenvalue weighted by Gasteiger charge is -2.27. The van der Waals surface area contributed by atoms with Crippen LogP contribution in [0.3, 0.4) is 0 Å². The molecule has 6 nitrogen and oxygen atoms in total. The van der Waals surface area contributed by atoms with Crippen molar-refractivity contribution >= 4 is 40.9 Å². The first-order valence-corrected chi connectivity index (χ1v) is 11.7. The van der Waals surface area contributed by atoms with E-state index in [0.29, 0.717) is 12.0 Å². The third-order valence-corrected chi connectivity index (χ3v) is 6.76. The van der Waals surface area contributed by atoms with Crippen LogP contribution in [0.1, 0.15) is 69.2 Å². The van der Waals surface area contributed by atoms with E-state index in [-0.39, 0.29) is 54.2 Å². The molecule has 0 bridgehead atoms. The van der Waals surface area contributed by atoms with Crippen LogP contribution in [-0.4, -0.2) is 45.9 Å². The van der Waals surface area contributed by atoms with Gasteiger partial charge in [0.25, 0.3) is 11.8 Å². The average Bonchev–Trinajstić information content (AvgIpc) is 3.03. The summed E-state index contributed by atoms with van der Waals surface area (Å²) in [6.45, 7) is 2.08. The molecule has 1 atom stereocenters. The minimum Gasteiger partial charge on any atom is -0.299 e. The molecule has 0 spiro atoms. The summed E-state index contributed by atoms with van der Waals surface area (Å²) < 4.78 is 0. The van der Waals surface area contributed by atoms with Gasteiger partial charge in [0.2, 0.25) is 0 Å². The topological polar surface area (TPSA) is 88.6 Å². The number of benzene rings is 2. The van der Waals surface area contributed by atoms with Gasteiger partial charge in [-0.1, -0.05) is 25.1 Å². The van der Waals surface area contributed by atoms with Crippen molar-refractivity contribution in [2.45, 2.75) is 50.0 Å². The summed E-state index contributed by atoms with van der Waals surface area (Å²) in [6.07, 6.45) is 0.864. The van der Waals surface area contributed by atoms with E-state index < -0.39 is 17.9 Å². The number of Topliss-reactive ketones (excluding diaryl/α,β-unsaturated/α-hetero) is 3. The lowest BCUT2D eigenvalue weighted by atomic mass is 9.92. The summed E-state index contributed by atoms with van der Waals surface area (Å²) in [4.78, 5) is 64.2. The molecule has 1 saturated carbocycles. The Bertz CT molecular complexity index is 1120. The van der Waals surface area contributed by atoms with Gasteiger partial charge in [0.1, 0.15) is 5.78 Å². The Morgan fingerprint density at radius 1 is 1.00 bits per heavy atom. The van der Waals surface area contributed by atoms with Crippen molar-refractivity contribution in [2.24, 2.45) is 0 Å². The van der Waals surface area contributed by atoms with E-state index in [4.69, 9.17) is 0 Å². The average molecular weight is 450 g/mol. The third-order valence-electron chi connectivity index (χ3n) is 5.86. The second-order valence-corrected chi connectivity index (χ2v) is 9.31. The molecule has 164 valence electrons. The van der Waals surface area contributed by atoms with Gasteiger partial charge in [-0.3, -0.25) is 28.9 Å². The fourth-order valence-electron chi connectivity index (χ4n) is 4.18. The summed E-state index contributed by atoms with van der Waals surface area (Å²) in [5, 5.41) is 0. The number of ketones is 3. The van der Waals surface area contributed by atoms with Crippen LogP contribution in [0.5, 0.6) is 0 Å². The number of hydrogen-bond acceptors (Lipinski definition) is 6. The summed E-state index contributed by atoms with van der Waals surface area (Å²) in [6, 6.07) is 11.6. The second-order valence-electron chi connectivity index (χ2n) is 7.98. The van der Waals surface area contributed by atoms with Crippen LogP contribution >= 0.6 is 11.8 Å². The van der Waals surface area contributed by atoms with E-state index >= 15 is 0 Å². The van der Waals surface area contributed by atoms with Crippen LogP contribution in [0, 0.1) is 0 Å². The van der Waals surface area contributed by atoms with Crippen LogP contribution in [0.15, 0.2) is 47.4 Å². The fraction of sp³-hybridized carbons (Fsp3) is 0.320. The molecule has 32 heavy (non-hydrogen) atoms. The molecule has 0 saturated heterocycles. The predicted octanol–water partition coefficient (Wildman–Crippen LogP) is 3.90. The fourth-order valence-corrected chi connectivity index (χ4v) is 4.85. The number of nitrogens with zero attached hydrogens (tertiary/aromatic N) is 1. The van der Waals surface area contributed by atoms with Gasteiger partial charge in [-0.15, -0.1) is 11.8 Å². The molecule has 1 fully saturated rings. The van der Waals surface area contributed by atoms with Crippen molar-refractivity contribution < 1.29 is 24.0 Å². The lowest BCUT2D eigenvalue weighted by molar-refractivity contribution is -0.132. The highest BCUT2D eigenvalue weighted by atomic mass is 32.2. The second kappa shape index (κ2) is 9.20. The summed E-state index contributed by atoms with van der Waals surface area (Å²) in [5.41, 5.74) is 1.95. The Morgan fingerprint density at radius 3 is 2.41 bits per heavy atom. The van der Waals surface area contributed by atoms with E-state index in [1.165, 1.54) is 0 Å². The van der Waals surface area contributed by atoms with Crippen LogP contribution in [0.2, 0.25) is 0 Å². The number of fused-ring (bicyclic) bond motifs is 1. The van der Waals surface area contributed by atoms with E-state index in [0.717, 1.165) is 21.1 Å². The molecule has 1 unspecified atom stereocenters. The minimum absolute atomic E-state index is 0.0139. The smallest absolute Gasteiger partial charge is 0.262 e. The molecule has 7 heteroatoms. The maximum absolute atomic E-state index is 12.9. The number of amides is 2. The van der Waals surface area contributed by atoms with Gasteiger partial charge in [-0.25, -0.2) is 0 Å². The molecular weight excluding hydrogens is 426 g/mol. The number of aryl methyl sites for hydroxylation is 1. The van der Waals surface area contributed by atoms with Crippen molar-refractivity contribution in [1.29, 1.82) is 0 Å². The van der Waals surface area contributed by atoms with Crippen molar-refractivity contribution in [3.05, 3.63) is 64.7 Å². The zero-order valence-corrected chi connectivity index (χ0v) is 18.6. The number of imide groups is 1. The molecule has 2 aromatic rings. The van der Waals surface area contributed by atoms with Gasteiger partial charge in [0.05, 0.1) is 23.6 Å². The Balaban J connectivity index is 1.45. The van der Waals surface area contributed by atoms with Gasteiger partial charge in [0.15, 0.2) is 11.6 Å². The molecule has 1 aliphatic carbocycles. The van der Waals surface area contributed by atoms with Gasteiger partial charge in [-0.2, -0.15) is 0 Å². The van der Waals surface area contributed by atoms with Gasteiger partial charge in [-0.05, 0) is 48.4 Å². The highest BCUT2D eigenvalue weighted by Crippen LogP contribution is 2.30. The number of thioether (sulfide) groups is 1. The Kier molecular flexibility index (Phi) is 6.37. The SMILES string of the molecule is CCSc1ccc(C(=O)CCc2ccc3c(c2)C(=O)N(C2CCC(=O)CC2=O)C3=O)cc1. The Morgan fingerprint density at radius 2 is 1.72 bits per heavy atom. The summed E-state index contributed by atoms with van der Waals surface area (Å²) >= 11 is 1.72. The van der Waals surface area contributed by atoms with Crippen molar-refractivity contribution in [3.63, 3.8) is 0 Å². The van der Waals surface area contributed by atoms with Crippen molar-refractivity contribution in [1.82, 2.24) is 4.90 Å². The number of carbonyl (C=O) groups is 5. The summed E-state index contributed by atoms with van der Waals surface area (Å²) in [5.74, 6) is -0.559. The highest BCUT2D eigenvalue weighted by molar-refractivity contribution is 7.99. The zero-order valence-electron chi connectivity index (χ0n) is 17.8. The molecule has 4 rings (SSSR count). The van der Waals surface area contributed by atoms with Crippen LogP contribution in [0.4, 0.5) is 0 Å². The monoisotopic (exact) mass is 449 g/mol. The molecule has 0 aromatic heterocycles. The largest absolute Gasteiger partial charge is 0.299 e. The Hall–Kier alpha value is -3.06. The quantitative estimate of drug-likeness (QED) is 0.276.